The van der Waals surface area contributed by atoms with Crippen molar-refractivity contribution in [3.8, 4) is 0 Å². The molecule has 0 unspecified atom stereocenters. The van der Waals surface area contributed by atoms with Crippen LogP contribution in [-0.4, -0.2) is 28.8 Å². The van der Waals surface area contributed by atoms with Gasteiger partial charge >= 0.3 is 0 Å². The molecule has 0 aliphatic carbocycles. The number of aromatic nitrogens is 2. The van der Waals surface area contributed by atoms with Crippen molar-refractivity contribution in [2.24, 2.45) is 12.0 Å². The van der Waals surface area contributed by atoms with Gasteiger partial charge in [-0.05, 0) is 32.4 Å². The Morgan fingerprint density at radius 2 is 1.92 bits per heavy atom. The fraction of sp³-hybridized carbons (Fsp3) is 0.500. The maximum Gasteiger partial charge on any atom is 0.191 e. The summed E-state index contributed by atoms with van der Waals surface area (Å²) >= 11 is 6.38. The van der Waals surface area contributed by atoms with Crippen molar-refractivity contribution >= 4 is 17.6 Å². The summed E-state index contributed by atoms with van der Waals surface area (Å²) in [7, 11) is 1.96. The van der Waals surface area contributed by atoms with Crippen molar-refractivity contribution in [2.75, 3.05) is 13.1 Å². The summed E-state index contributed by atoms with van der Waals surface area (Å²) in [5.41, 5.74) is 4.37. The molecule has 0 atom stereocenters. The van der Waals surface area contributed by atoms with Crippen molar-refractivity contribution in [3.05, 3.63) is 51.8 Å². The van der Waals surface area contributed by atoms with Gasteiger partial charge in [0.05, 0.1) is 12.2 Å². The van der Waals surface area contributed by atoms with Gasteiger partial charge in [-0.2, -0.15) is 5.10 Å². The summed E-state index contributed by atoms with van der Waals surface area (Å²) in [5, 5.41) is 12.0. The van der Waals surface area contributed by atoms with Crippen molar-refractivity contribution in [1.82, 2.24) is 20.4 Å². The molecule has 0 aliphatic rings. The van der Waals surface area contributed by atoms with Gasteiger partial charge in [-0.15, -0.1) is 0 Å². The SMILES string of the molecule is CCNC(=NCc1c(C)nn(C)c1C)NCC(C)(C)c1ccccc1Cl. The number of hydrogen-bond donors (Lipinski definition) is 2. The Bertz CT molecular complexity index is 777. The molecule has 142 valence electrons. The summed E-state index contributed by atoms with van der Waals surface area (Å²) < 4.78 is 1.90. The number of aryl methyl sites for hydroxylation is 2. The Balaban J connectivity index is 2.11. The zero-order chi connectivity index (χ0) is 19.3. The lowest BCUT2D eigenvalue weighted by Gasteiger charge is -2.27. The third-order valence-corrected chi connectivity index (χ3v) is 5.03. The molecular formula is C20H30ClN5. The Labute approximate surface area is 161 Å². The fourth-order valence-electron chi connectivity index (χ4n) is 2.96. The first-order chi connectivity index (χ1) is 12.3. The highest BCUT2D eigenvalue weighted by atomic mass is 35.5. The predicted molar refractivity (Wildman–Crippen MR) is 110 cm³/mol. The van der Waals surface area contributed by atoms with Gasteiger partial charge < -0.3 is 10.6 Å². The predicted octanol–water partition coefficient (Wildman–Crippen LogP) is 3.72. The number of halogens is 1. The third-order valence-electron chi connectivity index (χ3n) is 4.70. The minimum absolute atomic E-state index is 0.116. The highest BCUT2D eigenvalue weighted by molar-refractivity contribution is 6.31. The summed E-state index contributed by atoms with van der Waals surface area (Å²) in [4.78, 5) is 4.75. The van der Waals surface area contributed by atoms with Crippen LogP contribution in [0.5, 0.6) is 0 Å². The number of hydrogen-bond acceptors (Lipinski definition) is 2. The highest BCUT2D eigenvalue weighted by Gasteiger charge is 2.23. The molecule has 0 fully saturated rings. The molecule has 2 rings (SSSR count). The molecule has 1 aromatic carbocycles. The minimum Gasteiger partial charge on any atom is -0.357 e. The molecule has 0 amide bonds. The summed E-state index contributed by atoms with van der Waals surface area (Å²) in [6, 6.07) is 8.00. The van der Waals surface area contributed by atoms with Gasteiger partial charge in [-0.1, -0.05) is 43.6 Å². The molecular weight excluding hydrogens is 346 g/mol. The average molecular weight is 376 g/mol. The van der Waals surface area contributed by atoms with Crippen LogP contribution in [0.25, 0.3) is 0 Å². The Morgan fingerprint density at radius 3 is 2.50 bits per heavy atom. The largest absolute Gasteiger partial charge is 0.357 e. The number of guanidine groups is 1. The summed E-state index contributed by atoms with van der Waals surface area (Å²) in [5.74, 6) is 0.801. The quantitative estimate of drug-likeness (QED) is 0.597. The zero-order valence-electron chi connectivity index (χ0n) is 16.7. The number of nitrogens with one attached hydrogen (secondary N) is 2. The van der Waals surface area contributed by atoms with Crippen LogP contribution in [0.4, 0.5) is 0 Å². The minimum atomic E-state index is -0.116. The first-order valence-electron chi connectivity index (χ1n) is 9.02. The molecule has 0 saturated heterocycles. The van der Waals surface area contributed by atoms with Gasteiger partial charge in [0, 0.05) is 41.8 Å². The van der Waals surface area contributed by atoms with E-state index in [1.807, 2.05) is 36.9 Å². The molecule has 26 heavy (non-hydrogen) atoms. The molecule has 1 heterocycles. The van der Waals surface area contributed by atoms with Crippen LogP contribution in [-0.2, 0) is 19.0 Å². The van der Waals surface area contributed by atoms with Gasteiger partial charge in [0.1, 0.15) is 0 Å². The van der Waals surface area contributed by atoms with Crippen LogP contribution in [0.15, 0.2) is 29.3 Å². The molecule has 2 aromatic rings. The fourth-order valence-corrected chi connectivity index (χ4v) is 3.35. The molecule has 0 spiro atoms. The zero-order valence-corrected chi connectivity index (χ0v) is 17.4. The lowest BCUT2D eigenvalue weighted by Crippen LogP contribution is -2.43. The Kier molecular flexibility index (Phi) is 6.70. The molecule has 0 radical (unpaired) electrons. The molecule has 1 aromatic heterocycles. The molecule has 0 bridgehead atoms. The first-order valence-corrected chi connectivity index (χ1v) is 9.40. The van der Waals surface area contributed by atoms with E-state index in [1.165, 1.54) is 5.56 Å². The monoisotopic (exact) mass is 375 g/mol. The van der Waals surface area contributed by atoms with E-state index >= 15 is 0 Å². The van der Waals surface area contributed by atoms with Crippen molar-refractivity contribution in [3.63, 3.8) is 0 Å². The summed E-state index contributed by atoms with van der Waals surface area (Å²) in [6.45, 7) is 12.7. The van der Waals surface area contributed by atoms with E-state index in [0.29, 0.717) is 6.54 Å². The topological polar surface area (TPSA) is 54.2 Å². The normalized spacial score (nSPS) is 12.3. The van der Waals surface area contributed by atoms with Gasteiger partial charge in [0.2, 0.25) is 0 Å². The van der Waals surface area contributed by atoms with E-state index in [4.69, 9.17) is 16.6 Å². The van der Waals surface area contributed by atoms with Gasteiger partial charge in [0.15, 0.2) is 5.96 Å². The number of benzene rings is 1. The van der Waals surface area contributed by atoms with Crippen molar-refractivity contribution < 1.29 is 0 Å². The second-order valence-electron chi connectivity index (χ2n) is 7.19. The maximum absolute atomic E-state index is 6.38. The lowest BCUT2D eigenvalue weighted by atomic mass is 9.84. The average Bonchev–Trinajstić information content (AvgIpc) is 2.83. The van der Waals surface area contributed by atoms with Crippen LogP contribution < -0.4 is 10.6 Å². The van der Waals surface area contributed by atoms with Crippen LogP contribution in [0.1, 0.15) is 43.3 Å². The Morgan fingerprint density at radius 1 is 1.23 bits per heavy atom. The molecule has 0 aliphatic heterocycles. The first kappa shape index (κ1) is 20.3. The van der Waals surface area contributed by atoms with E-state index in [9.17, 15) is 0 Å². The van der Waals surface area contributed by atoms with E-state index < -0.39 is 0 Å². The van der Waals surface area contributed by atoms with Crippen LogP contribution >= 0.6 is 11.6 Å². The standard InChI is InChI=1S/C20H30ClN5/c1-7-22-19(23-12-16-14(2)25-26(6)15(16)3)24-13-20(4,5)17-10-8-9-11-18(17)21/h8-11H,7,12-13H2,1-6H3,(H2,22,23,24). The maximum atomic E-state index is 6.38. The second kappa shape index (κ2) is 8.58. The molecule has 5 nitrogen and oxygen atoms in total. The van der Waals surface area contributed by atoms with E-state index in [0.717, 1.165) is 41.0 Å². The van der Waals surface area contributed by atoms with Gasteiger partial charge in [-0.25, -0.2) is 4.99 Å². The lowest BCUT2D eigenvalue weighted by molar-refractivity contribution is 0.509. The van der Waals surface area contributed by atoms with Crippen molar-refractivity contribution in [2.45, 2.75) is 46.6 Å². The molecule has 0 saturated carbocycles. The van der Waals surface area contributed by atoms with Crippen LogP contribution in [0.3, 0.4) is 0 Å². The molecule has 2 N–H and O–H groups in total. The van der Waals surface area contributed by atoms with E-state index in [-0.39, 0.29) is 5.41 Å². The number of rotatable bonds is 6. The summed E-state index contributed by atoms with van der Waals surface area (Å²) in [6.07, 6.45) is 0. The van der Waals surface area contributed by atoms with E-state index in [2.05, 4.69) is 49.5 Å². The third kappa shape index (κ3) is 4.79. The number of nitrogens with zero attached hydrogens (tertiary/aromatic N) is 3. The van der Waals surface area contributed by atoms with Gasteiger partial charge in [0.25, 0.3) is 0 Å². The van der Waals surface area contributed by atoms with E-state index in [1.54, 1.807) is 0 Å². The number of aliphatic imine (C=N–C) groups is 1. The molecule has 6 heteroatoms. The Hall–Kier alpha value is -2.01. The van der Waals surface area contributed by atoms with Crippen molar-refractivity contribution in [1.29, 1.82) is 0 Å². The highest BCUT2D eigenvalue weighted by Crippen LogP contribution is 2.29. The van der Waals surface area contributed by atoms with Crippen LogP contribution in [0, 0.1) is 13.8 Å². The smallest absolute Gasteiger partial charge is 0.191 e. The second-order valence-corrected chi connectivity index (χ2v) is 7.59. The van der Waals surface area contributed by atoms with Gasteiger partial charge in [-0.3, -0.25) is 4.68 Å². The van der Waals surface area contributed by atoms with Crippen LogP contribution in [0.2, 0.25) is 5.02 Å².